The van der Waals surface area contributed by atoms with Gasteiger partial charge in [0.2, 0.25) is 0 Å². The number of carbonyl (C=O) groups is 1. The average molecular weight is 478 g/mol. The van der Waals surface area contributed by atoms with E-state index in [1.165, 1.54) is 12.1 Å². The van der Waals surface area contributed by atoms with Crippen LogP contribution >= 0.6 is 18.9 Å². The number of benzene rings is 4. The molecule has 0 aliphatic heterocycles. The number of carbonyl (C=O) groups excluding carboxylic acids is 1. The van der Waals surface area contributed by atoms with Crippen molar-refractivity contribution in [3.8, 4) is 0 Å². The van der Waals surface area contributed by atoms with Crippen molar-refractivity contribution in [2.45, 2.75) is 13.1 Å². The molecule has 5 heteroatoms. The van der Waals surface area contributed by atoms with Crippen LogP contribution in [0.2, 0.25) is 5.02 Å². The van der Waals surface area contributed by atoms with E-state index in [0.29, 0.717) is 11.7 Å². The number of hydrogen-bond donors (Lipinski definition) is 0. The predicted molar refractivity (Wildman–Crippen MR) is 136 cm³/mol. The van der Waals surface area contributed by atoms with Gasteiger partial charge in [-0.2, -0.15) is 0 Å². The molecule has 0 unspecified atom stereocenters. The van der Waals surface area contributed by atoms with Crippen LogP contribution in [0.25, 0.3) is 0 Å². The first kappa shape index (κ1) is 23.2. The summed E-state index contributed by atoms with van der Waals surface area (Å²) in [6.07, 6.45) is 0.388. The highest BCUT2D eigenvalue weighted by Gasteiger charge is 2.46. The minimum absolute atomic E-state index is 0.117. The maximum atomic E-state index is 15.5. The number of halogens is 2. The molecule has 33 heavy (non-hydrogen) atoms. The first-order chi connectivity index (χ1) is 16.1. The van der Waals surface area contributed by atoms with Crippen LogP contribution in [-0.2, 0) is 10.9 Å². The molecule has 0 saturated heterocycles. The quantitative estimate of drug-likeness (QED) is 0.236. The Bertz CT molecular complexity index is 1110. The second-order valence-corrected chi connectivity index (χ2v) is 11.5. The summed E-state index contributed by atoms with van der Waals surface area (Å²) in [7, 11) is -2.32. The van der Waals surface area contributed by atoms with E-state index in [1.807, 2.05) is 54.6 Å². The molecule has 166 valence electrons. The van der Waals surface area contributed by atoms with E-state index in [4.69, 9.17) is 16.3 Å². The van der Waals surface area contributed by atoms with Gasteiger partial charge in [-0.1, -0.05) is 66.2 Å². The standard InChI is InChI=1S/C28H24ClFO2P/c1-2-32-28(31)21-18-26(29)25(27(30)19-21)20-33(22-12-6-3-7-13-22,23-14-8-4-9-15-23)24-16-10-5-11-17-24/h3-19H,2,20H2,1H3/q+1. The highest BCUT2D eigenvalue weighted by atomic mass is 35.5. The molecule has 0 radical (unpaired) electrons. The Balaban J connectivity index is 1.95. The Morgan fingerprint density at radius 3 is 1.67 bits per heavy atom. The van der Waals surface area contributed by atoms with Crippen molar-refractivity contribution in [1.82, 2.24) is 0 Å². The van der Waals surface area contributed by atoms with Gasteiger partial charge in [-0.3, -0.25) is 0 Å². The molecule has 0 atom stereocenters. The van der Waals surface area contributed by atoms with Crippen LogP contribution in [-0.4, -0.2) is 12.6 Å². The molecule has 4 aromatic rings. The lowest BCUT2D eigenvalue weighted by Gasteiger charge is -2.28. The fourth-order valence-electron chi connectivity index (χ4n) is 4.09. The summed E-state index contributed by atoms with van der Waals surface area (Å²) < 4.78 is 20.5. The summed E-state index contributed by atoms with van der Waals surface area (Å²) in [5.41, 5.74) is 0.515. The van der Waals surface area contributed by atoms with Crippen molar-refractivity contribution in [3.05, 3.63) is 125 Å². The molecule has 0 aromatic heterocycles. The van der Waals surface area contributed by atoms with E-state index in [1.54, 1.807) is 6.92 Å². The Morgan fingerprint density at radius 1 is 0.818 bits per heavy atom. The van der Waals surface area contributed by atoms with Gasteiger partial charge in [0.25, 0.3) is 0 Å². The van der Waals surface area contributed by atoms with Gasteiger partial charge >= 0.3 is 5.97 Å². The first-order valence-electron chi connectivity index (χ1n) is 10.8. The minimum Gasteiger partial charge on any atom is -0.462 e. The lowest BCUT2D eigenvalue weighted by molar-refractivity contribution is 0.0526. The topological polar surface area (TPSA) is 26.3 Å². The SMILES string of the molecule is CCOC(=O)c1cc(F)c(C[P+](c2ccccc2)(c2ccccc2)c2ccccc2)c(Cl)c1. The molecule has 0 spiro atoms. The lowest BCUT2D eigenvalue weighted by atomic mass is 10.1. The molecule has 0 bridgehead atoms. The largest absolute Gasteiger partial charge is 0.462 e. The Labute approximate surface area is 199 Å². The van der Waals surface area contributed by atoms with Gasteiger partial charge in [-0.25, -0.2) is 9.18 Å². The molecule has 0 N–H and O–H groups in total. The van der Waals surface area contributed by atoms with Gasteiger partial charge in [0.1, 0.15) is 35.2 Å². The van der Waals surface area contributed by atoms with Crippen LogP contribution in [0.3, 0.4) is 0 Å². The smallest absolute Gasteiger partial charge is 0.338 e. The van der Waals surface area contributed by atoms with Crippen LogP contribution in [0.5, 0.6) is 0 Å². The van der Waals surface area contributed by atoms with Gasteiger partial charge < -0.3 is 4.74 Å². The molecule has 4 rings (SSSR count). The molecule has 0 fully saturated rings. The molecule has 2 nitrogen and oxygen atoms in total. The second kappa shape index (κ2) is 10.3. The summed E-state index contributed by atoms with van der Waals surface area (Å²) in [4.78, 5) is 12.2. The fourth-order valence-corrected chi connectivity index (χ4v) is 8.74. The molecule has 0 saturated carbocycles. The van der Waals surface area contributed by atoms with Crippen LogP contribution in [0.4, 0.5) is 4.39 Å². The molecular weight excluding hydrogens is 454 g/mol. The Morgan fingerprint density at radius 2 is 1.27 bits per heavy atom. The Kier molecular flexibility index (Phi) is 7.23. The lowest BCUT2D eigenvalue weighted by Crippen LogP contribution is -2.32. The number of ether oxygens (including phenoxy) is 1. The van der Waals surface area contributed by atoms with Crippen LogP contribution < -0.4 is 15.9 Å². The second-order valence-electron chi connectivity index (χ2n) is 7.61. The highest BCUT2D eigenvalue weighted by molar-refractivity contribution is 7.95. The molecule has 0 aliphatic rings. The molecular formula is C28H24ClFO2P+. The normalized spacial score (nSPS) is 11.2. The van der Waals surface area contributed by atoms with Crippen molar-refractivity contribution >= 4 is 40.7 Å². The number of rotatable bonds is 7. The minimum atomic E-state index is -2.32. The fraction of sp³-hybridized carbons (Fsp3) is 0.107. The summed E-state index contributed by atoms with van der Waals surface area (Å²) in [5.74, 6) is -1.09. The van der Waals surface area contributed by atoms with E-state index in [2.05, 4.69) is 36.4 Å². The van der Waals surface area contributed by atoms with E-state index in [9.17, 15) is 4.79 Å². The van der Waals surface area contributed by atoms with E-state index in [-0.39, 0.29) is 17.2 Å². The van der Waals surface area contributed by atoms with Crippen molar-refractivity contribution in [1.29, 1.82) is 0 Å². The van der Waals surface area contributed by atoms with Gasteiger partial charge in [0.05, 0.1) is 17.2 Å². The van der Waals surface area contributed by atoms with E-state index < -0.39 is 19.0 Å². The molecule has 4 aromatic carbocycles. The summed E-state index contributed by atoms with van der Waals surface area (Å²) in [5, 5.41) is 3.62. The van der Waals surface area contributed by atoms with Crippen LogP contribution in [0, 0.1) is 5.82 Å². The van der Waals surface area contributed by atoms with Gasteiger partial charge in [0.15, 0.2) is 0 Å². The number of hydrogen-bond acceptors (Lipinski definition) is 2. The highest BCUT2D eigenvalue weighted by Crippen LogP contribution is 2.59. The van der Waals surface area contributed by atoms with Gasteiger partial charge in [0, 0.05) is 5.56 Å². The zero-order chi connectivity index (χ0) is 23.3. The summed E-state index contributed by atoms with van der Waals surface area (Å²) in [6, 6.07) is 33.4. The summed E-state index contributed by atoms with van der Waals surface area (Å²) in [6.45, 7) is 1.92. The third kappa shape index (κ3) is 4.71. The third-order valence-corrected chi connectivity index (χ3v) is 10.3. The van der Waals surface area contributed by atoms with Crippen LogP contribution in [0.15, 0.2) is 103 Å². The zero-order valence-electron chi connectivity index (χ0n) is 18.2. The first-order valence-corrected chi connectivity index (χ1v) is 13.1. The average Bonchev–Trinajstić information content (AvgIpc) is 2.85. The van der Waals surface area contributed by atoms with E-state index >= 15 is 4.39 Å². The molecule has 0 aliphatic carbocycles. The van der Waals surface area contributed by atoms with Crippen molar-refractivity contribution in [2.24, 2.45) is 0 Å². The summed E-state index contributed by atoms with van der Waals surface area (Å²) >= 11 is 6.62. The monoisotopic (exact) mass is 477 g/mol. The number of esters is 1. The van der Waals surface area contributed by atoms with Crippen molar-refractivity contribution in [2.75, 3.05) is 6.61 Å². The predicted octanol–water partition coefficient (Wildman–Crippen LogP) is 6.15. The maximum Gasteiger partial charge on any atom is 0.338 e. The molecule has 0 amide bonds. The van der Waals surface area contributed by atoms with Crippen molar-refractivity contribution in [3.63, 3.8) is 0 Å². The van der Waals surface area contributed by atoms with Crippen LogP contribution in [0.1, 0.15) is 22.8 Å². The molecule has 0 heterocycles. The zero-order valence-corrected chi connectivity index (χ0v) is 19.9. The maximum absolute atomic E-state index is 15.5. The van der Waals surface area contributed by atoms with Gasteiger partial charge in [-0.15, -0.1) is 0 Å². The van der Waals surface area contributed by atoms with Crippen molar-refractivity contribution < 1.29 is 13.9 Å². The Hall–Kier alpha value is -3.00. The van der Waals surface area contributed by atoms with E-state index in [0.717, 1.165) is 15.9 Å². The van der Waals surface area contributed by atoms with Gasteiger partial charge in [-0.05, 0) is 55.5 Å². The third-order valence-electron chi connectivity index (χ3n) is 5.64.